The van der Waals surface area contributed by atoms with Gasteiger partial charge in [0.1, 0.15) is 5.82 Å². The van der Waals surface area contributed by atoms with Crippen LogP contribution in [0, 0.1) is 6.92 Å². The standard InChI is InChI=1S/C13H16N4O2S/c1-3-11-6-15-13(20-8-12(18)19)17(11)7-10-4-5-14-9(2)16-10/h4-6H,3,7-8H2,1-2H3,(H,18,19). The number of imidazole rings is 1. The molecule has 2 rings (SSSR count). The third-order valence-corrected chi connectivity index (χ3v) is 3.72. The van der Waals surface area contributed by atoms with Crippen molar-refractivity contribution in [3.63, 3.8) is 0 Å². The van der Waals surface area contributed by atoms with Gasteiger partial charge in [0.15, 0.2) is 5.16 Å². The van der Waals surface area contributed by atoms with E-state index in [9.17, 15) is 4.79 Å². The summed E-state index contributed by atoms with van der Waals surface area (Å²) in [7, 11) is 0. The van der Waals surface area contributed by atoms with E-state index < -0.39 is 5.97 Å². The summed E-state index contributed by atoms with van der Waals surface area (Å²) in [5.74, 6) is -0.121. The molecule has 2 aromatic rings. The number of carboxylic acid groups (broad SMARTS) is 1. The van der Waals surface area contributed by atoms with Gasteiger partial charge in [0.05, 0.1) is 18.0 Å². The first-order chi connectivity index (χ1) is 9.60. The normalized spacial score (nSPS) is 10.7. The van der Waals surface area contributed by atoms with Crippen molar-refractivity contribution in [1.29, 1.82) is 0 Å². The van der Waals surface area contributed by atoms with Gasteiger partial charge in [0, 0.05) is 18.1 Å². The van der Waals surface area contributed by atoms with E-state index in [2.05, 4.69) is 15.0 Å². The van der Waals surface area contributed by atoms with Crippen LogP contribution in [0.4, 0.5) is 0 Å². The van der Waals surface area contributed by atoms with Crippen LogP contribution in [-0.2, 0) is 17.8 Å². The molecule has 0 aliphatic carbocycles. The Balaban J connectivity index is 2.24. The minimum atomic E-state index is -0.847. The van der Waals surface area contributed by atoms with Crippen LogP contribution in [0.2, 0.25) is 0 Å². The summed E-state index contributed by atoms with van der Waals surface area (Å²) in [5.41, 5.74) is 1.96. The van der Waals surface area contributed by atoms with Crippen molar-refractivity contribution in [2.45, 2.75) is 32.0 Å². The molecule has 0 bridgehead atoms. The second-order valence-corrected chi connectivity index (χ2v) is 5.19. The first kappa shape index (κ1) is 14.5. The van der Waals surface area contributed by atoms with E-state index >= 15 is 0 Å². The summed E-state index contributed by atoms with van der Waals surface area (Å²) in [6, 6.07) is 1.86. The molecule has 0 aliphatic rings. The Bertz CT molecular complexity index is 612. The topological polar surface area (TPSA) is 80.9 Å². The molecule has 0 atom stereocenters. The maximum atomic E-state index is 10.7. The molecule has 20 heavy (non-hydrogen) atoms. The molecule has 2 heterocycles. The third-order valence-electron chi connectivity index (χ3n) is 2.74. The fraction of sp³-hybridized carbons (Fsp3) is 0.385. The Kier molecular flexibility index (Phi) is 4.73. The van der Waals surface area contributed by atoms with Crippen LogP contribution in [0.1, 0.15) is 24.1 Å². The van der Waals surface area contributed by atoms with Crippen LogP contribution in [0.3, 0.4) is 0 Å². The lowest BCUT2D eigenvalue weighted by Crippen LogP contribution is -2.09. The summed E-state index contributed by atoms with van der Waals surface area (Å²) in [6.07, 6.45) is 4.35. The Morgan fingerprint density at radius 2 is 2.25 bits per heavy atom. The molecule has 0 amide bonds. The van der Waals surface area contributed by atoms with Crippen LogP contribution in [0.15, 0.2) is 23.6 Å². The summed E-state index contributed by atoms with van der Waals surface area (Å²) in [4.78, 5) is 23.4. The zero-order valence-corrected chi connectivity index (χ0v) is 12.2. The Morgan fingerprint density at radius 1 is 1.45 bits per heavy atom. The molecule has 0 saturated heterocycles. The number of thioether (sulfide) groups is 1. The highest BCUT2D eigenvalue weighted by Gasteiger charge is 2.12. The van der Waals surface area contributed by atoms with E-state index in [-0.39, 0.29) is 5.75 Å². The number of aliphatic carboxylic acids is 1. The summed E-state index contributed by atoms with van der Waals surface area (Å²) in [5, 5.41) is 9.49. The molecule has 0 radical (unpaired) electrons. The highest BCUT2D eigenvalue weighted by atomic mass is 32.2. The van der Waals surface area contributed by atoms with Crippen molar-refractivity contribution in [2.24, 2.45) is 0 Å². The van der Waals surface area contributed by atoms with Crippen molar-refractivity contribution in [3.05, 3.63) is 35.7 Å². The molecule has 0 fully saturated rings. The van der Waals surface area contributed by atoms with Crippen molar-refractivity contribution >= 4 is 17.7 Å². The number of carboxylic acids is 1. The average molecular weight is 292 g/mol. The highest BCUT2D eigenvalue weighted by molar-refractivity contribution is 7.99. The van der Waals surface area contributed by atoms with E-state index in [0.717, 1.165) is 23.6 Å². The number of aromatic nitrogens is 4. The minimum Gasteiger partial charge on any atom is -0.481 e. The maximum absolute atomic E-state index is 10.7. The second kappa shape index (κ2) is 6.51. The first-order valence-electron chi connectivity index (χ1n) is 6.27. The van der Waals surface area contributed by atoms with E-state index in [1.165, 1.54) is 11.8 Å². The van der Waals surface area contributed by atoms with Crippen LogP contribution in [0.5, 0.6) is 0 Å². The Morgan fingerprint density at radius 3 is 2.90 bits per heavy atom. The van der Waals surface area contributed by atoms with E-state index in [1.807, 2.05) is 24.5 Å². The number of hydrogen-bond acceptors (Lipinski definition) is 5. The number of aryl methyl sites for hydroxylation is 2. The number of carbonyl (C=O) groups is 1. The molecule has 1 N–H and O–H groups in total. The van der Waals surface area contributed by atoms with Gasteiger partial charge in [-0.2, -0.15) is 0 Å². The highest BCUT2D eigenvalue weighted by Crippen LogP contribution is 2.20. The van der Waals surface area contributed by atoms with Crippen molar-refractivity contribution in [1.82, 2.24) is 19.5 Å². The largest absolute Gasteiger partial charge is 0.481 e. The smallest absolute Gasteiger partial charge is 0.313 e. The molecule has 2 aromatic heterocycles. The average Bonchev–Trinajstić information content (AvgIpc) is 2.78. The predicted octanol–water partition coefficient (Wildman–Crippen LogP) is 1.77. The molecule has 0 aliphatic heterocycles. The van der Waals surface area contributed by atoms with Gasteiger partial charge in [-0.25, -0.2) is 15.0 Å². The van der Waals surface area contributed by atoms with Gasteiger partial charge in [-0.05, 0) is 19.4 Å². The van der Waals surface area contributed by atoms with Crippen LogP contribution < -0.4 is 0 Å². The van der Waals surface area contributed by atoms with E-state index in [4.69, 9.17) is 5.11 Å². The number of hydrogen-bond donors (Lipinski definition) is 1. The lowest BCUT2D eigenvalue weighted by atomic mass is 10.3. The molecule has 0 aromatic carbocycles. The van der Waals surface area contributed by atoms with Gasteiger partial charge < -0.3 is 9.67 Å². The van der Waals surface area contributed by atoms with Crippen molar-refractivity contribution in [2.75, 3.05) is 5.75 Å². The lowest BCUT2D eigenvalue weighted by molar-refractivity contribution is -0.133. The van der Waals surface area contributed by atoms with Crippen LogP contribution in [0.25, 0.3) is 0 Å². The monoisotopic (exact) mass is 292 g/mol. The Labute approximate surface area is 121 Å². The van der Waals surface area contributed by atoms with Crippen LogP contribution >= 0.6 is 11.8 Å². The van der Waals surface area contributed by atoms with Gasteiger partial charge in [-0.15, -0.1) is 0 Å². The summed E-state index contributed by atoms with van der Waals surface area (Å²) >= 11 is 1.22. The molecule has 0 unspecified atom stereocenters. The third kappa shape index (κ3) is 3.57. The zero-order valence-electron chi connectivity index (χ0n) is 11.4. The molecule has 0 spiro atoms. The van der Waals surface area contributed by atoms with Gasteiger partial charge in [-0.1, -0.05) is 18.7 Å². The minimum absolute atomic E-state index is 0.00295. The van der Waals surface area contributed by atoms with Gasteiger partial charge in [0.25, 0.3) is 0 Å². The van der Waals surface area contributed by atoms with E-state index in [1.54, 1.807) is 12.4 Å². The van der Waals surface area contributed by atoms with Crippen LogP contribution in [-0.4, -0.2) is 36.3 Å². The second-order valence-electron chi connectivity index (χ2n) is 4.25. The molecule has 106 valence electrons. The fourth-order valence-corrected chi connectivity index (χ4v) is 2.56. The van der Waals surface area contributed by atoms with Crippen molar-refractivity contribution in [3.8, 4) is 0 Å². The van der Waals surface area contributed by atoms with Gasteiger partial charge >= 0.3 is 5.97 Å². The number of rotatable bonds is 6. The SMILES string of the molecule is CCc1cnc(SCC(=O)O)n1Cc1ccnc(C)n1. The van der Waals surface area contributed by atoms with Gasteiger partial charge in [-0.3, -0.25) is 4.79 Å². The van der Waals surface area contributed by atoms with Gasteiger partial charge in [0.2, 0.25) is 0 Å². The maximum Gasteiger partial charge on any atom is 0.313 e. The predicted molar refractivity (Wildman–Crippen MR) is 75.8 cm³/mol. The fourth-order valence-electron chi connectivity index (χ4n) is 1.84. The molecular weight excluding hydrogens is 276 g/mol. The first-order valence-corrected chi connectivity index (χ1v) is 7.26. The Hall–Kier alpha value is -1.89. The molecule has 7 heteroatoms. The lowest BCUT2D eigenvalue weighted by Gasteiger charge is -2.10. The quantitative estimate of drug-likeness (QED) is 0.817. The summed E-state index contributed by atoms with van der Waals surface area (Å²) < 4.78 is 2.01. The van der Waals surface area contributed by atoms with E-state index in [0.29, 0.717) is 11.7 Å². The number of nitrogens with zero attached hydrogens (tertiary/aromatic N) is 4. The molecular formula is C13H16N4O2S. The summed E-state index contributed by atoms with van der Waals surface area (Å²) in [6.45, 7) is 4.47. The molecule has 6 nitrogen and oxygen atoms in total. The molecule has 0 saturated carbocycles. The zero-order chi connectivity index (χ0) is 14.5. The van der Waals surface area contributed by atoms with Crippen molar-refractivity contribution < 1.29 is 9.90 Å².